The third kappa shape index (κ3) is 3.11. The van der Waals surface area contributed by atoms with E-state index in [4.69, 9.17) is 4.42 Å². The van der Waals surface area contributed by atoms with Gasteiger partial charge in [-0.05, 0) is 35.7 Å². The van der Waals surface area contributed by atoms with Gasteiger partial charge < -0.3 is 9.52 Å². The highest BCUT2D eigenvalue weighted by molar-refractivity contribution is 5.82. The first-order valence-electron chi connectivity index (χ1n) is 8.57. The molecule has 0 bridgehead atoms. The van der Waals surface area contributed by atoms with Crippen LogP contribution in [0.2, 0.25) is 0 Å². The lowest BCUT2D eigenvalue weighted by atomic mass is 9.85. The second kappa shape index (κ2) is 6.89. The average molecular weight is 342 g/mol. The third-order valence-electron chi connectivity index (χ3n) is 4.68. The summed E-state index contributed by atoms with van der Waals surface area (Å²) >= 11 is 0. The highest BCUT2D eigenvalue weighted by Crippen LogP contribution is 2.34. The van der Waals surface area contributed by atoms with E-state index in [0.717, 1.165) is 16.5 Å². The summed E-state index contributed by atoms with van der Waals surface area (Å²) in [7, 11) is 0. The van der Waals surface area contributed by atoms with Gasteiger partial charge in [0.15, 0.2) is 0 Å². The molecule has 0 aliphatic carbocycles. The maximum Gasteiger partial charge on any atom is 0.336 e. The number of rotatable bonds is 4. The molecule has 1 N–H and O–H groups in total. The minimum atomic E-state index is -0.416. The monoisotopic (exact) mass is 342 g/mol. The van der Waals surface area contributed by atoms with E-state index in [-0.39, 0.29) is 11.7 Å². The number of phenolic OH excluding ortho intramolecular Hbond substituents is 1. The van der Waals surface area contributed by atoms with Gasteiger partial charge in [0.05, 0.1) is 0 Å². The zero-order valence-corrected chi connectivity index (χ0v) is 14.1. The van der Waals surface area contributed by atoms with Crippen molar-refractivity contribution in [2.24, 2.45) is 0 Å². The molecule has 0 spiro atoms. The van der Waals surface area contributed by atoms with Gasteiger partial charge in [-0.25, -0.2) is 4.79 Å². The summed E-state index contributed by atoms with van der Waals surface area (Å²) in [4.78, 5) is 11.7. The maximum absolute atomic E-state index is 11.7. The zero-order valence-electron chi connectivity index (χ0n) is 14.1. The number of hydrogen-bond donors (Lipinski definition) is 1. The predicted molar refractivity (Wildman–Crippen MR) is 103 cm³/mol. The molecule has 4 aromatic rings. The van der Waals surface area contributed by atoms with Crippen LogP contribution in [0, 0.1) is 0 Å². The van der Waals surface area contributed by atoms with E-state index in [2.05, 4.69) is 24.3 Å². The Labute approximate surface area is 151 Å². The van der Waals surface area contributed by atoms with E-state index in [1.54, 1.807) is 18.2 Å². The second-order valence-corrected chi connectivity index (χ2v) is 6.31. The van der Waals surface area contributed by atoms with Crippen LogP contribution in [0.4, 0.5) is 0 Å². The standard InChI is InChI=1S/C23H18O3/c24-21-13-11-18-12-14-22(25)26-23(18)20(21)15-19(16-7-3-1-4-8-16)17-9-5-2-6-10-17/h1-14,19,24H,15H2. The van der Waals surface area contributed by atoms with Crippen LogP contribution < -0.4 is 5.63 Å². The quantitative estimate of drug-likeness (QED) is 0.538. The Morgan fingerprint density at radius 2 is 1.35 bits per heavy atom. The molecule has 0 saturated heterocycles. The number of aromatic hydroxyl groups is 1. The van der Waals surface area contributed by atoms with Crippen LogP contribution in [0.15, 0.2) is 94.1 Å². The van der Waals surface area contributed by atoms with Gasteiger partial charge in [0.25, 0.3) is 0 Å². The normalized spacial score (nSPS) is 11.1. The molecule has 1 aromatic heterocycles. The highest BCUT2D eigenvalue weighted by atomic mass is 16.4. The van der Waals surface area contributed by atoms with Crippen LogP contribution in [-0.2, 0) is 6.42 Å². The molecule has 0 aliphatic heterocycles. The van der Waals surface area contributed by atoms with Crippen LogP contribution in [0.5, 0.6) is 5.75 Å². The molecular formula is C23H18O3. The zero-order chi connectivity index (χ0) is 17.9. The van der Waals surface area contributed by atoms with Crippen molar-refractivity contribution in [3.8, 4) is 5.75 Å². The van der Waals surface area contributed by atoms with Crippen molar-refractivity contribution < 1.29 is 9.52 Å². The summed E-state index contributed by atoms with van der Waals surface area (Å²) in [5.74, 6) is 0.183. The van der Waals surface area contributed by atoms with Crippen LogP contribution in [-0.4, -0.2) is 5.11 Å². The fourth-order valence-electron chi connectivity index (χ4n) is 3.38. The molecule has 0 atom stereocenters. The van der Waals surface area contributed by atoms with E-state index >= 15 is 0 Å². The molecule has 3 nitrogen and oxygen atoms in total. The summed E-state index contributed by atoms with van der Waals surface area (Å²) in [6.45, 7) is 0. The molecule has 0 amide bonds. The second-order valence-electron chi connectivity index (χ2n) is 6.31. The van der Waals surface area contributed by atoms with Gasteiger partial charge >= 0.3 is 5.63 Å². The number of phenols is 1. The Hall–Kier alpha value is -3.33. The molecule has 0 fully saturated rings. The smallest absolute Gasteiger partial charge is 0.336 e. The van der Waals surface area contributed by atoms with Crippen molar-refractivity contribution in [1.29, 1.82) is 0 Å². The lowest BCUT2D eigenvalue weighted by Gasteiger charge is -2.19. The van der Waals surface area contributed by atoms with Crippen molar-refractivity contribution in [3.63, 3.8) is 0 Å². The van der Waals surface area contributed by atoms with Crippen molar-refractivity contribution in [1.82, 2.24) is 0 Å². The Bertz CT molecular complexity index is 1040. The highest BCUT2D eigenvalue weighted by Gasteiger charge is 2.19. The summed E-state index contributed by atoms with van der Waals surface area (Å²) in [6.07, 6.45) is 0.532. The largest absolute Gasteiger partial charge is 0.508 e. The van der Waals surface area contributed by atoms with Crippen molar-refractivity contribution in [2.45, 2.75) is 12.3 Å². The first-order chi connectivity index (χ1) is 12.7. The molecule has 4 rings (SSSR count). The van der Waals surface area contributed by atoms with Crippen molar-refractivity contribution in [3.05, 3.63) is 112 Å². The van der Waals surface area contributed by atoms with Gasteiger partial charge in [-0.3, -0.25) is 0 Å². The third-order valence-corrected chi connectivity index (χ3v) is 4.68. The fraction of sp³-hybridized carbons (Fsp3) is 0.0870. The maximum atomic E-state index is 11.7. The van der Waals surface area contributed by atoms with Crippen LogP contribution in [0.1, 0.15) is 22.6 Å². The molecule has 0 saturated carbocycles. The predicted octanol–water partition coefficient (Wildman–Crippen LogP) is 4.87. The van der Waals surface area contributed by atoms with E-state index in [1.807, 2.05) is 36.4 Å². The Balaban J connectivity index is 1.87. The fourth-order valence-corrected chi connectivity index (χ4v) is 3.38. The van der Waals surface area contributed by atoms with Crippen molar-refractivity contribution >= 4 is 11.0 Å². The molecule has 26 heavy (non-hydrogen) atoms. The van der Waals surface area contributed by atoms with Crippen LogP contribution in [0.25, 0.3) is 11.0 Å². The first kappa shape index (κ1) is 16.2. The average Bonchev–Trinajstić information content (AvgIpc) is 2.69. The first-order valence-corrected chi connectivity index (χ1v) is 8.57. The lowest BCUT2D eigenvalue weighted by molar-refractivity contribution is 0.463. The van der Waals surface area contributed by atoms with Gasteiger partial charge in [0, 0.05) is 22.9 Å². The Kier molecular flexibility index (Phi) is 4.28. The number of benzene rings is 3. The van der Waals surface area contributed by atoms with Gasteiger partial charge in [-0.2, -0.15) is 0 Å². The topological polar surface area (TPSA) is 50.4 Å². The van der Waals surface area contributed by atoms with E-state index in [0.29, 0.717) is 17.6 Å². The molecule has 0 unspecified atom stereocenters. The van der Waals surface area contributed by atoms with Gasteiger partial charge in [-0.1, -0.05) is 60.7 Å². The lowest BCUT2D eigenvalue weighted by Crippen LogP contribution is -2.06. The van der Waals surface area contributed by atoms with Crippen LogP contribution >= 0.6 is 0 Å². The summed E-state index contributed by atoms with van der Waals surface area (Å²) in [5.41, 5.74) is 2.98. The van der Waals surface area contributed by atoms with Crippen LogP contribution in [0.3, 0.4) is 0 Å². The molecule has 1 heterocycles. The van der Waals surface area contributed by atoms with E-state index in [9.17, 15) is 9.90 Å². The van der Waals surface area contributed by atoms with Gasteiger partial charge in [-0.15, -0.1) is 0 Å². The number of hydrogen-bond acceptors (Lipinski definition) is 3. The van der Waals surface area contributed by atoms with E-state index in [1.165, 1.54) is 6.07 Å². The molecule has 0 aliphatic rings. The summed E-state index contributed by atoms with van der Waals surface area (Å²) in [5, 5.41) is 11.3. The number of fused-ring (bicyclic) bond motifs is 1. The summed E-state index contributed by atoms with van der Waals surface area (Å²) in [6, 6.07) is 26.9. The Morgan fingerprint density at radius 3 is 1.96 bits per heavy atom. The minimum absolute atomic E-state index is 0.0411. The van der Waals surface area contributed by atoms with Gasteiger partial charge in [0.2, 0.25) is 0 Å². The molecule has 0 radical (unpaired) electrons. The van der Waals surface area contributed by atoms with Crippen molar-refractivity contribution in [2.75, 3.05) is 0 Å². The Morgan fingerprint density at radius 1 is 0.769 bits per heavy atom. The molecule has 128 valence electrons. The van der Waals surface area contributed by atoms with Gasteiger partial charge in [0.1, 0.15) is 11.3 Å². The SMILES string of the molecule is O=c1ccc2ccc(O)c(CC(c3ccccc3)c3ccccc3)c2o1. The molecule has 3 aromatic carbocycles. The van der Waals surface area contributed by atoms with E-state index < -0.39 is 5.63 Å². The minimum Gasteiger partial charge on any atom is -0.508 e. The molecular weight excluding hydrogens is 324 g/mol. The molecule has 3 heteroatoms. The summed E-state index contributed by atoms with van der Waals surface area (Å²) < 4.78 is 5.43.